The molecule has 3 atom stereocenters. The van der Waals surface area contributed by atoms with Gasteiger partial charge in [0.05, 0.1) is 9.39 Å². The topological polar surface area (TPSA) is 49.2 Å². The number of azo groups is 4. The molecule has 0 amide bonds. The van der Waals surface area contributed by atoms with Gasteiger partial charge < -0.3 is 9.47 Å². The predicted octanol–water partition coefficient (Wildman–Crippen LogP) is 6.23. The minimum Gasteiger partial charge on any atom is -0.339 e. The van der Waals surface area contributed by atoms with E-state index >= 15 is 0 Å². The Labute approximate surface area is 185 Å². The Morgan fingerprint density at radius 3 is 2.31 bits per heavy atom. The fourth-order valence-corrected chi connectivity index (χ4v) is 5.05. The normalized spacial score (nSPS) is 29.4. The van der Waals surface area contributed by atoms with Crippen LogP contribution in [0.1, 0.15) is 19.3 Å². The third-order valence-corrected chi connectivity index (χ3v) is 6.57. The van der Waals surface area contributed by atoms with Gasteiger partial charge in [0.2, 0.25) is 11.4 Å². The molecule has 0 fully saturated rings. The number of benzene rings is 2. The molecule has 6 nitrogen and oxygen atoms in total. The van der Waals surface area contributed by atoms with Crippen LogP contribution in [0.5, 0.6) is 0 Å². The summed E-state index contributed by atoms with van der Waals surface area (Å²) in [4.78, 5) is 0. The maximum absolute atomic E-state index is 6.80. The minimum atomic E-state index is -1.39. The van der Waals surface area contributed by atoms with Gasteiger partial charge in [0.25, 0.3) is 0 Å². The van der Waals surface area contributed by atoms with Crippen molar-refractivity contribution in [1.29, 1.82) is 0 Å². The first-order chi connectivity index (χ1) is 15.8. The van der Waals surface area contributed by atoms with Crippen molar-refractivity contribution in [3.63, 3.8) is 0 Å². The van der Waals surface area contributed by atoms with Crippen LogP contribution in [0.25, 0.3) is 0 Å². The van der Waals surface area contributed by atoms with E-state index < -0.39 is 6.03 Å². The fraction of sp³-hybridized carbons (Fsp3) is 0.231. The van der Waals surface area contributed by atoms with Crippen molar-refractivity contribution in [2.24, 2.45) is 22.1 Å². The molecule has 1 spiro atoms. The van der Waals surface area contributed by atoms with Gasteiger partial charge in [0.1, 0.15) is 5.76 Å². The lowest BCUT2D eigenvalue weighted by molar-refractivity contribution is -0.920. The molecule has 0 radical (unpaired) electrons. The van der Waals surface area contributed by atoms with Crippen molar-refractivity contribution >= 4 is 11.4 Å². The van der Waals surface area contributed by atoms with E-state index in [9.17, 15) is 0 Å². The maximum Gasteiger partial charge on any atom is 0.762 e. The quantitative estimate of drug-likeness (QED) is 0.539. The van der Waals surface area contributed by atoms with Gasteiger partial charge in [0, 0.05) is 40.9 Å². The van der Waals surface area contributed by atoms with Gasteiger partial charge in [0.15, 0.2) is 17.2 Å². The highest BCUT2D eigenvalue weighted by molar-refractivity contribution is 5.36. The van der Waals surface area contributed by atoms with Gasteiger partial charge in [-0.05, 0) is 42.9 Å². The SMILES string of the molecule is C1=CC2CC3=C1N=[N+](c1ccccc1)[C@@]1(OC4=CC(CC=C4N=[N+]1c1ccccc1)C2)O3. The minimum absolute atomic E-state index is 0.419. The van der Waals surface area contributed by atoms with E-state index in [1.54, 1.807) is 0 Å². The smallest absolute Gasteiger partial charge is 0.339 e. The summed E-state index contributed by atoms with van der Waals surface area (Å²) in [6, 6.07) is 18.6. The number of allylic oxidation sites excluding steroid dienone is 5. The molecule has 32 heavy (non-hydrogen) atoms. The summed E-state index contributed by atoms with van der Waals surface area (Å²) in [5.74, 6) is 2.45. The Kier molecular flexibility index (Phi) is 3.68. The van der Waals surface area contributed by atoms with E-state index in [1.165, 1.54) is 0 Å². The number of ether oxygens (including phenoxy) is 2. The third-order valence-electron chi connectivity index (χ3n) is 6.57. The first-order valence-corrected chi connectivity index (χ1v) is 11.1. The van der Waals surface area contributed by atoms with Crippen molar-refractivity contribution in [3.05, 3.63) is 108 Å². The lowest BCUT2D eigenvalue weighted by Gasteiger charge is -2.34. The molecule has 3 aliphatic heterocycles. The average molecular weight is 422 g/mol. The van der Waals surface area contributed by atoms with Gasteiger partial charge in [-0.1, -0.05) is 42.5 Å². The predicted molar refractivity (Wildman–Crippen MR) is 116 cm³/mol. The van der Waals surface area contributed by atoms with Crippen LogP contribution in [0.15, 0.2) is 118 Å². The second-order valence-corrected chi connectivity index (χ2v) is 8.73. The van der Waals surface area contributed by atoms with Crippen LogP contribution in [0.4, 0.5) is 11.4 Å². The zero-order chi connectivity index (χ0) is 21.1. The summed E-state index contributed by atoms with van der Waals surface area (Å²) in [6.07, 6.45) is 11.6. The van der Waals surface area contributed by atoms with Crippen LogP contribution < -0.4 is 0 Å². The highest BCUT2D eigenvalue weighted by atomic mass is 16.8. The number of rotatable bonds is 2. The molecule has 6 heteroatoms. The Bertz CT molecular complexity index is 1300. The number of fused-ring (bicyclic) bond motifs is 2. The Balaban J connectivity index is 1.54. The maximum atomic E-state index is 6.80. The van der Waals surface area contributed by atoms with Crippen LogP contribution in [-0.2, 0) is 9.47 Å². The van der Waals surface area contributed by atoms with Crippen LogP contribution in [0.3, 0.4) is 0 Å². The number of nitrogens with zero attached hydrogens (tertiary/aromatic N) is 4. The monoisotopic (exact) mass is 422 g/mol. The van der Waals surface area contributed by atoms with E-state index in [0.717, 1.165) is 53.5 Å². The molecular weight excluding hydrogens is 400 g/mol. The van der Waals surface area contributed by atoms with E-state index in [2.05, 4.69) is 24.3 Å². The molecule has 0 saturated heterocycles. The lowest BCUT2D eigenvalue weighted by atomic mass is 9.84. The van der Waals surface area contributed by atoms with Gasteiger partial charge in [-0.3, -0.25) is 0 Å². The number of hydrogen-bond acceptors (Lipinski definition) is 4. The lowest BCUT2D eigenvalue weighted by Crippen LogP contribution is -2.55. The number of hydrogen-bond donors (Lipinski definition) is 0. The zero-order valence-corrected chi connectivity index (χ0v) is 17.5. The van der Waals surface area contributed by atoms with Crippen LogP contribution >= 0.6 is 0 Å². The summed E-state index contributed by atoms with van der Waals surface area (Å²) in [7, 11) is 0. The number of para-hydroxylation sites is 2. The highest BCUT2D eigenvalue weighted by Crippen LogP contribution is 2.48. The molecule has 3 heterocycles. The van der Waals surface area contributed by atoms with Crippen molar-refractivity contribution in [2.75, 3.05) is 0 Å². The van der Waals surface area contributed by atoms with Crippen LogP contribution in [-0.4, -0.2) is 15.4 Å². The molecule has 156 valence electrons. The molecule has 5 aliphatic rings. The van der Waals surface area contributed by atoms with E-state index in [0.29, 0.717) is 11.8 Å². The molecule has 5 bridgehead atoms. The largest absolute Gasteiger partial charge is 0.762 e. The first-order valence-electron chi connectivity index (χ1n) is 11.1. The second kappa shape index (κ2) is 6.60. The summed E-state index contributed by atoms with van der Waals surface area (Å²) >= 11 is 0. The van der Waals surface area contributed by atoms with Crippen molar-refractivity contribution < 1.29 is 18.9 Å². The standard InChI is InChI=1S/C26H22N4O2/c1-3-7-20(8-4-1)29-26-30(21-9-5-2-6-10-21)28-23-14-12-19(17-25(23)32-26)15-18-11-13-22(27-29)24(16-18)31-26/h1-11,13-14,17-19H,12,15-16H2/q+2/t18?,19?,26-/m0/s1. The van der Waals surface area contributed by atoms with Crippen LogP contribution in [0, 0.1) is 11.8 Å². The Morgan fingerprint density at radius 2 is 1.56 bits per heavy atom. The van der Waals surface area contributed by atoms with Crippen molar-refractivity contribution in [3.8, 4) is 0 Å². The van der Waals surface area contributed by atoms with E-state index in [-0.39, 0.29) is 0 Å². The summed E-state index contributed by atoms with van der Waals surface area (Å²) in [5.41, 5.74) is 3.42. The van der Waals surface area contributed by atoms with Crippen LogP contribution in [0.2, 0.25) is 0 Å². The summed E-state index contributed by atoms with van der Waals surface area (Å²) in [6.45, 7) is 0. The average Bonchev–Trinajstić information content (AvgIpc) is 2.84. The molecule has 7 rings (SSSR count). The molecule has 2 aromatic carbocycles. The Hall–Kier alpha value is -3.80. The first kappa shape index (κ1) is 17.8. The Morgan fingerprint density at radius 1 is 0.844 bits per heavy atom. The van der Waals surface area contributed by atoms with Gasteiger partial charge in [-0.25, -0.2) is 0 Å². The molecule has 0 N–H and O–H groups in total. The molecule has 0 aromatic heterocycles. The molecule has 2 aromatic rings. The van der Waals surface area contributed by atoms with Crippen molar-refractivity contribution in [1.82, 2.24) is 0 Å². The molecule has 0 saturated carbocycles. The highest BCUT2D eigenvalue weighted by Gasteiger charge is 2.71. The second-order valence-electron chi connectivity index (χ2n) is 8.73. The zero-order valence-electron chi connectivity index (χ0n) is 17.5. The summed E-state index contributed by atoms with van der Waals surface area (Å²) in [5, 5.41) is 10.1. The van der Waals surface area contributed by atoms with E-state index in [1.807, 2.05) is 70.1 Å². The van der Waals surface area contributed by atoms with Gasteiger partial charge in [-0.15, -0.1) is 0 Å². The molecular formula is C26H22N4O2+2. The summed E-state index contributed by atoms with van der Waals surface area (Å²) < 4.78 is 17.2. The molecule has 2 unspecified atom stereocenters. The van der Waals surface area contributed by atoms with Crippen molar-refractivity contribution in [2.45, 2.75) is 25.3 Å². The molecule has 2 aliphatic carbocycles. The third kappa shape index (κ3) is 2.59. The fourth-order valence-electron chi connectivity index (χ4n) is 5.05. The van der Waals surface area contributed by atoms with E-state index in [4.69, 9.17) is 19.7 Å². The van der Waals surface area contributed by atoms with Gasteiger partial charge in [-0.2, -0.15) is 0 Å². The van der Waals surface area contributed by atoms with Gasteiger partial charge >= 0.3 is 6.03 Å².